The molecule has 1 aliphatic rings. The zero-order chi connectivity index (χ0) is 9.26. The largest absolute Gasteiger partial charge is 0.508 e. The van der Waals surface area contributed by atoms with E-state index in [2.05, 4.69) is 12.2 Å². The zero-order valence-electron chi connectivity index (χ0n) is 7.88. The van der Waals surface area contributed by atoms with Gasteiger partial charge in [0.1, 0.15) is 5.75 Å². The fraction of sp³-hybridized carbons (Fsp3) is 0.455. The highest BCUT2D eigenvalue weighted by Crippen LogP contribution is 2.32. The van der Waals surface area contributed by atoms with Gasteiger partial charge in [-0.15, -0.1) is 0 Å². The second-order valence-corrected chi connectivity index (χ2v) is 3.74. The molecule has 1 unspecified atom stereocenters. The summed E-state index contributed by atoms with van der Waals surface area (Å²) in [4.78, 5) is 0. The van der Waals surface area contributed by atoms with Crippen LogP contribution >= 0.6 is 0 Å². The molecule has 0 amide bonds. The number of hydrogen-bond donors (Lipinski definition) is 2. The monoisotopic (exact) mass is 177 g/mol. The normalized spacial score (nSPS) is 21.5. The Hall–Kier alpha value is -1.18. The molecule has 0 aliphatic carbocycles. The number of hydrogen-bond acceptors (Lipinski definition) is 2. The molecule has 1 heterocycles. The third-order valence-corrected chi connectivity index (χ3v) is 2.70. The van der Waals surface area contributed by atoms with Gasteiger partial charge in [-0.1, -0.05) is 6.92 Å². The molecule has 0 saturated carbocycles. The molecule has 1 aromatic carbocycles. The van der Waals surface area contributed by atoms with Crippen LogP contribution < -0.4 is 5.32 Å². The van der Waals surface area contributed by atoms with Gasteiger partial charge in [0.15, 0.2) is 0 Å². The Labute approximate surface area is 78.6 Å². The van der Waals surface area contributed by atoms with Gasteiger partial charge in [-0.25, -0.2) is 0 Å². The molecule has 0 spiro atoms. The first kappa shape index (κ1) is 8.42. The smallest absolute Gasteiger partial charge is 0.116 e. The average molecular weight is 177 g/mol. The van der Waals surface area contributed by atoms with E-state index in [0.717, 1.165) is 6.54 Å². The number of benzene rings is 1. The van der Waals surface area contributed by atoms with Crippen LogP contribution in [0.3, 0.4) is 0 Å². The van der Waals surface area contributed by atoms with Gasteiger partial charge in [0.05, 0.1) is 0 Å². The van der Waals surface area contributed by atoms with Crippen molar-refractivity contribution in [3.8, 4) is 5.75 Å². The topological polar surface area (TPSA) is 32.3 Å². The van der Waals surface area contributed by atoms with Gasteiger partial charge in [0, 0.05) is 12.2 Å². The van der Waals surface area contributed by atoms with Crippen molar-refractivity contribution < 1.29 is 5.11 Å². The van der Waals surface area contributed by atoms with Gasteiger partial charge in [-0.05, 0) is 42.5 Å². The Morgan fingerprint density at radius 2 is 2.31 bits per heavy atom. The highest BCUT2D eigenvalue weighted by atomic mass is 16.3. The molecule has 70 valence electrons. The first-order valence-electron chi connectivity index (χ1n) is 4.84. The van der Waals surface area contributed by atoms with Crippen LogP contribution in [0.2, 0.25) is 0 Å². The lowest BCUT2D eigenvalue weighted by Crippen LogP contribution is -1.98. The molecule has 1 atom stereocenters. The van der Waals surface area contributed by atoms with Crippen molar-refractivity contribution >= 4 is 5.69 Å². The number of phenols is 1. The molecule has 0 fully saturated rings. The lowest BCUT2D eigenvalue weighted by atomic mass is 9.96. The van der Waals surface area contributed by atoms with Gasteiger partial charge in [-0.3, -0.25) is 0 Å². The van der Waals surface area contributed by atoms with Crippen LogP contribution in [0, 0.1) is 0 Å². The van der Waals surface area contributed by atoms with Crippen LogP contribution in [0.4, 0.5) is 5.69 Å². The maximum atomic E-state index is 9.37. The zero-order valence-corrected chi connectivity index (χ0v) is 7.88. The molecule has 0 radical (unpaired) electrons. The van der Waals surface area contributed by atoms with Crippen LogP contribution in [0.1, 0.15) is 31.2 Å². The predicted octanol–water partition coefficient (Wildman–Crippen LogP) is 2.70. The van der Waals surface area contributed by atoms with Crippen molar-refractivity contribution in [3.05, 3.63) is 23.8 Å². The number of phenolic OH excluding ortho intramolecular Hbond substituents is 1. The van der Waals surface area contributed by atoms with Crippen LogP contribution in [0.25, 0.3) is 0 Å². The van der Waals surface area contributed by atoms with Gasteiger partial charge in [-0.2, -0.15) is 0 Å². The lowest BCUT2D eigenvalue weighted by Gasteiger charge is -2.12. The molecule has 2 heteroatoms. The second kappa shape index (κ2) is 3.29. The summed E-state index contributed by atoms with van der Waals surface area (Å²) in [5.74, 6) is 0.923. The molecule has 1 aliphatic heterocycles. The molecular weight excluding hydrogens is 162 g/mol. The third-order valence-electron chi connectivity index (χ3n) is 2.70. The van der Waals surface area contributed by atoms with E-state index in [9.17, 15) is 5.11 Å². The highest BCUT2D eigenvalue weighted by Gasteiger charge is 2.14. The van der Waals surface area contributed by atoms with Crippen molar-refractivity contribution in [1.82, 2.24) is 0 Å². The molecule has 13 heavy (non-hydrogen) atoms. The summed E-state index contributed by atoms with van der Waals surface area (Å²) >= 11 is 0. The Morgan fingerprint density at radius 1 is 1.46 bits per heavy atom. The number of fused-ring (bicyclic) bond motifs is 1. The van der Waals surface area contributed by atoms with Crippen LogP contribution in [-0.4, -0.2) is 11.7 Å². The minimum atomic E-state index is 0.370. The molecule has 2 N–H and O–H groups in total. The fourth-order valence-electron chi connectivity index (χ4n) is 1.91. The minimum Gasteiger partial charge on any atom is -0.508 e. The summed E-state index contributed by atoms with van der Waals surface area (Å²) in [6.07, 6.45) is 2.40. The fourth-order valence-corrected chi connectivity index (χ4v) is 1.91. The van der Waals surface area contributed by atoms with Crippen molar-refractivity contribution in [2.75, 3.05) is 11.9 Å². The standard InChI is InChI=1S/C11H15NO/c1-8-3-2-6-12-11-5-4-9(13)7-10(8)11/h4-5,7-8,12-13H,2-3,6H2,1H3. The van der Waals surface area contributed by atoms with Gasteiger partial charge < -0.3 is 10.4 Å². The molecule has 2 rings (SSSR count). The maximum absolute atomic E-state index is 9.37. The Balaban J connectivity index is 2.43. The Morgan fingerprint density at radius 3 is 3.15 bits per heavy atom. The predicted molar refractivity (Wildman–Crippen MR) is 54.2 cm³/mol. The first-order chi connectivity index (χ1) is 6.27. The van der Waals surface area contributed by atoms with Crippen molar-refractivity contribution in [2.45, 2.75) is 25.7 Å². The summed E-state index contributed by atoms with van der Waals surface area (Å²) < 4.78 is 0. The number of aromatic hydroxyl groups is 1. The quantitative estimate of drug-likeness (QED) is 0.597. The summed E-state index contributed by atoms with van der Waals surface area (Å²) in [6, 6.07) is 5.58. The van der Waals surface area contributed by atoms with E-state index in [1.807, 2.05) is 12.1 Å². The molecule has 0 aromatic heterocycles. The van der Waals surface area contributed by atoms with E-state index in [4.69, 9.17) is 0 Å². The number of nitrogens with one attached hydrogen (secondary N) is 1. The van der Waals surface area contributed by atoms with E-state index < -0.39 is 0 Å². The Kier molecular flexibility index (Phi) is 2.13. The second-order valence-electron chi connectivity index (χ2n) is 3.74. The van der Waals surface area contributed by atoms with E-state index in [1.54, 1.807) is 6.07 Å². The molecular formula is C11H15NO. The van der Waals surface area contributed by atoms with Crippen molar-refractivity contribution in [1.29, 1.82) is 0 Å². The molecule has 1 aromatic rings. The van der Waals surface area contributed by atoms with Gasteiger partial charge >= 0.3 is 0 Å². The lowest BCUT2D eigenvalue weighted by molar-refractivity contribution is 0.474. The summed E-state index contributed by atoms with van der Waals surface area (Å²) in [7, 11) is 0. The Bertz CT molecular complexity index is 309. The van der Waals surface area contributed by atoms with E-state index >= 15 is 0 Å². The maximum Gasteiger partial charge on any atom is 0.116 e. The number of rotatable bonds is 0. The van der Waals surface area contributed by atoms with Gasteiger partial charge in [0.2, 0.25) is 0 Å². The van der Waals surface area contributed by atoms with E-state index in [-0.39, 0.29) is 0 Å². The number of anilines is 1. The first-order valence-corrected chi connectivity index (χ1v) is 4.84. The average Bonchev–Trinajstić information content (AvgIpc) is 2.29. The van der Waals surface area contributed by atoms with E-state index in [0.29, 0.717) is 11.7 Å². The molecule has 0 bridgehead atoms. The summed E-state index contributed by atoms with van der Waals surface area (Å²) in [5.41, 5.74) is 2.43. The van der Waals surface area contributed by atoms with Crippen LogP contribution in [0.5, 0.6) is 5.75 Å². The molecule has 2 nitrogen and oxygen atoms in total. The van der Waals surface area contributed by atoms with E-state index in [1.165, 1.54) is 24.1 Å². The minimum absolute atomic E-state index is 0.370. The van der Waals surface area contributed by atoms with Crippen LogP contribution in [0.15, 0.2) is 18.2 Å². The van der Waals surface area contributed by atoms with Crippen LogP contribution in [-0.2, 0) is 0 Å². The SMILES string of the molecule is CC1CCCNc2ccc(O)cc21. The third kappa shape index (κ3) is 1.62. The highest BCUT2D eigenvalue weighted by molar-refractivity contribution is 5.56. The van der Waals surface area contributed by atoms with Crippen molar-refractivity contribution in [2.24, 2.45) is 0 Å². The summed E-state index contributed by atoms with van der Waals surface area (Å²) in [5, 5.41) is 12.7. The van der Waals surface area contributed by atoms with Crippen molar-refractivity contribution in [3.63, 3.8) is 0 Å². The summed E-state index contributed by atoms with van der Waals surface area (Å²) in [6.45, 7) is 3.26. The van der Waals surface area contributed by atoms with Gasteiger partial charge in [0.25, 0.3) is 0 Å². The molecule has 0 saturated heterocycles.